The number of rotatable bonds is 3. The zero-order valence-corrected chi connectivity index (χ0v) is 10.6. The lowest BCUT2D eigenvalue weighted by Crippen LogP contribution is -2.43. The molecule has 2 nitrogen and oxygen atoms in total. The Morgan fingerprint density at radius 1 is 1.12 bits per heavy atom. The van der Waals surface area contributed by atoms with Gasteiger partial charge in [0.1, 0.15) is 0 Å². The van der Waals surface area contributed by atoms with Crippen molar-refractivity contribution < 1.29 is 4.79 Å². The fraction of sp³-hybridized carbons (Fsp3) is 0.929. The third-order valence-corrected chi connectivity index (χ3v) is 4.36. The van der Waals surface area contributed by atoms with Crippen molar-refractivity contribution >= 4 is 5.91 Å². The van der Waals surface area contributed by atoms with E-state index in [-0.39, 0.29) is 0 Å². The first-order valence-electron chi connectivity index (χ1n) is 7.10. The molecule has 0 aromatic carbocycles. The summed E-state index contributed by atoms with van der Waals surface area (Å²) in [5.74, 6) is 1.14. The number of hydrogen-bond donors (Lipinski definition) is 0. The Morgan fingerprint density at radius 2 is 1.81 bits per heavy atom. The zero-order chi connectivity index (χ0) is 11.4. The van der Waals surface area contributed by atoms with E-state index in [1.54, 1.807) is 0 Å². The average molecular weight is 223 g/mol. The molecule has 2 aliphatic rings. The molecule has 2 rings (SSSR count). The van der Waals surface area contributed by atoms with Crippen LogP contribution in [0.15, 0.2) is 0 Å². The van der Waals surface area contributed by atoms with Crippen LogP contribution in [-0.4, -0.2) is 23.4 Å². The van der Waals surface area contributed by atoms with E-state index in [2.05, 4.69) is 11.8 Å². The molecule has 0 radical (unpaired) electrons. The van der Waals surface area contributed by atoms with Crippen LogP contribution < -0.4 is 0 Å². The smallest absolute Gasteiger partial charge is 0.223 e. The minimum Gasteiger partial charge on any atom is -0.340 e. The van der Waals surface area contributed by atoms with Crippen molar-refractivity contribution in [3.05, 3.63) is 0 Å². The molecule has 1 amide bonds. The van der Waals surface area contributed by atoms with Crippen LogP contribution in [0.1, 0.15) is 64.7 Å². The molecule has 92 valence electrons. The zero-order valence-electron chi connectivity index (χ0n) is 10.6. The monoisotopic (exact) mass is 223 g/mol. The van der Waals surface area contributed by atoms with Gasteiger partial charge in [-0.15, -0.1) is 0 Å². The summed E-state index contributed by atoms with van der Waals surface area (Å²) in [6.07, 6.45) is 11.0. The summed E-state index contributed by atoms with van der Waals surface area (Å²) in [6, 6.07) is 0.544. The van der Waals surface area contributed by atoms with E-state index >= 15 is 0 Å². The van der Waals surface area contributed by atoms with Gasteiger partial charge in [0, 0.05) is 19.0 Å². The minimum atomic E-state index is 0.443. The highest BCUT2D eigenvalue weighted by Gasteiger charge is 2.27. The summed E-state index contributed by atoms with van der Waals surface area (Å²) in [5, 5.41) is 0. The van der Waals surface area contributed by atoms with Gasteiger partial charge in [-0.3, -0.25) is 4.79 Å². The molecule has 1 unspecified atom stereocenters. The molecule has 0 N–H and O–H groups in total. The quantitative estimate of drug-likeness (QED) is 0.718. The first-order valence-corrected chi connectivity index (χ1v) is 7.10. The highest BCUT2D eigenvalue weighted by atomic mass is 16.2. The van der Waals surface area contributed by atoms with Crippen molar-refractivity contribution in [2.75, 3.05) is 6.54 Å². The van der Waals surface area contributed by atoms with E-state index in [9.17, 15) is 4.79 Å². The molecule has 16 heavy (non-hydrogen) atoms. The van der Waals surface area contributed by atoms with Gasteiger partial charge < -0.3 is 4.90 Å². The molecular weight excluding hydrogens is 198 g/mol. The van der Waals surface area contributed by atoms with E-state index in [1.807, 2.05) is 0 Å². The van der Waals surface area contributed by atoms with Crippen molar-refractivity contribution in [3.8, 4) is 0 Å². The summed E-state index contributed by atoms with van der Waals surface area (Å²) >= 11 is 0. The first-order chi connectivity index (χ1) is 7.81. The predicted molar refractivity (Wildman–Crippen MR) is 66.2 cm³/mol. The molecule has 1 saturated carbocycles. The SMILES string of the molecule is CCC1CCCCN1C(=O)CC1CCCC1. The molecule has 0 spiro atoms. The Kier molecular flexibility index (Phi) is 4.25. The Balaban J connectivity index is 1.86. The summed E-state index contributed by atoms with van der Waals surface area (Å²) in [4.78, 5) is 14.4. The van der Waals surface area contributed by atoms with E-state index in [0.29, 0.717) is 17.9 Å². The molecule has 1 aliphatic carbocycles. The summed E-state index contributed by atoms with van der Waals surface area (Å²) in [5.41, 5.74) is 0. The second kappa shape index (κ2) is 5.70. The molecule has 2 heteroatoms. The van der Waals surface area contributed by atoms with E-state index < -0.39 is 0 Å². The van der Waals surface area contributed by atoms with E-state index in [0.717, 1.165) is 19.4 Å². The molecule has 2 fully saturated rings. The summed E-state index contributed by atoms with van der Waals surface area (Å²) in [6.45, 7) is 3.23. The van der Waals surface area contributed by atoms with Gasteiger partial charge >= 0.3 is 0 Å². The van der Waals surface area contributed by atoms with Crippen LogP contribution in [0.3, 0.4) is 0 Å². The van der Waals surface area contributed by atoms with Crippen LogP contribution in [0.25, 0.3) is 0 Å². The maximum Gasteiger partial charge on any atom is 0.223 e. The van der Waals surface area contributed by atoms with Gasteiger partial charge in [-0.25, -0.2) is 0 Å². The Morgan fingerprint density at radius 3 is 2.50 bits per heavy atom. The Labute approximate surface area is 99.4 Å². The average Bonchev–Trinajstić information content (AvgIpc) is 2.81. The lowest BCUT2D eigenvalue weighted by Gasteiger charge is -2.36. The highest BCUT2D eigenvalue weighted by molar-refractivity contribution is 5.77. The van der Waals surface area contributed by atoms with Crippen molar-refractivity contribution in [2.24, 2.45) is 5.92 Å². The van der Waals surface area contributed by atoms with Gasteiger partial charge in [0.2, 0.25) is 5.91 Å². The molecular formula is C14H25NO. The van der Waals surface area contributed by atoms with E-state index in [1.165, 1.54) is 44.9 Å². The van der Waals surface area contributed by atoms with Gasteiger partial charge in [0.15, 0.2) is 0 Å². The van der Waals surface area contributed by atoms with Gasteiger partial charge in [0.05, 0.1) is 0 Å². The number of carbonyl (C=O) groups is 1. The Bertz CT molecular complexity index is 233. The largest absolute Gasteiger partial charge is 0.340 e. The second-order valence-electron chi connectivity index (χ2n) is 5.50. The predicted octanol–water partition coefficient (Wildman–Crippen LogP) is 3.36. The number of piperidine rings is 1. The van der Waals surface area contributed by atoms with Crippen molar-refractivity contribution in [3.63, 3.8) is 0 Å². The van der Waals surface area contributed by atoms with Crippen LogP contribution >= 0.6 is 0 Å². The fourth-order valence-corrected chi connectivity index (χ4v) is 3.33. The van der Waals surface area contributed by atoms with Crippen molar-refractivity contribution in [1.82, 2.24) is 4.90 Å². The lowest BCUT2D eigenvalue weighted by molar-refractivity contribution is -0.135. The van der Waals surface area contributed by atoms with Crippen molar-refractivity contribution in [1.29, 1.82) is 0 Å². The van der Waals surface area contributed by atoms with Gasteiger partial charge in [-0.05, 0) is 44.4 Å². The number of nitrogens with zero attached hydrogens (tertiary/aromatic N) is 1. The standard InChI is InChI=1S/C14H25NO/c1-2-13-9-5-6-10-15(13)14(16)11-12-7-3-4-8-12/h12-13H,2-11H2,1H3. The summed E-state index contributed by atoms with van der Waals surface area (Å²) in [7, 11) is 0. The van der Waals surface area contributed by atoms with Crippen LogP contribution in [0.2, 0.25) is 0 Å². The lowest BCUT2D eigenvalue weighted by atomic mass is 9.97. The van der Waals surface area contributed by atoms with Gasteiger partial charge in [-0.1, -0.05) is 19.8 Å². The van der Waals surface area contributed by atoms with Gasteiger partial charge in [-0.2, -0.15) is 0 Å². The second-order valence-corrected chi connectivity index (χ2v) is 5.50. The molecule has 1 atom stereocenters. The van der Waals surface area contributed by atoms with E-state index in [4.69, 9.17) is 0 Å². The maximum atomic E-state index is 12.2. The molecule has 1 heterocycles. The maximum absolute atomic E-state index is 12.2. The molecule has 0 aromatic heterocycles. The topological polar surface area (TPSA) is 20.3 Å². The number of carbonyl (C=O) groups excluding carboxylic acids is 1. The first kappa shape index (κ1) is 11.9. The Hall–Kier alpha value is -0.530. The van der Waals surface area contributed by atoms with Crippen LogP contribution in [0.4, 0.5) is 0 Å². The number of amides is 1. The molecule has 1 saturated heterocycles. The number of hydrogen-bond acceptors (Lipinski definition) is 1. The third kappa shape index (κ3) is 2.78. The van der Waals surface area contributed by atoms with Gasteiger partial charge in [0.25, 0.3) is 0 Å². The molecule has 1 aliphatic heterocycles. The van der Waals surface area contributed by atoms with Crippen molar-refractivity contribution in [2.45, 2.75) is 70.8 Å². The normalized spacial score (nSPS) is 27.3. The van der Waals surface area contributed by atoms with Crippen LogP contribution in [0, 0.1) is 5.92 Å². The third-order valence-electron chi connectivity index (χ3n) is 4.36. The molecule has 0 bridgehead atoms. The minimum absolute atomic E-state index is 0.443. The van der Waals surface area contributed by atoms with Crippen LogP contribution in [-0.2, 0) is 4.79 Å². The highest BCUT2D eigenvalue weighted by Crippen LogP contribution is 2.29. The fourth-order valence-electron chi connectivity index (χ4n) is 3.33. The summed E-state index contributed by atoms with van der Waals surface area (Å²) < 4.78 is 0. The number of likely N-dealkylation sites (tertiary alicyclic amines) is 1. The molecule has 0 aromatic rings. The van der Waals surface area contributed by atoms with Crippen LogP contribution in [0.5, 0.6) is 0 Å².